The van der Waals surface area contributed by atoms with E-state index in [2.05, 4.69) is 4.74 Å². The number of aliphatic hydroxyl groups excluding tert-OH is 1. The Hall–Kier alpha value is 0.170. The normalized spacial score (nSPS) is 12.9. The van der Waals surface area contributed by atoms with Crippen molar-refractivity contribution in [1.29, 1.82) is 0 Å². The summed E-state index contributed by atoms with van der Waals surface area (Å²) in [6, 6.07) is 0. The molecule has 0 spiro atoms. The van der Waals surface area contributed by atoms with E-state index in [9.17, 15) is 4.79 Å². The topological polar surface area (TPSA) is 46.5 Å². The molecule has 66 valence electrons. The molecule has 3 nitrogen and oxygen atoms in total. The number of allylic oxidation sites excluding steroid dienone is 3. The Morgan fingerprint density at radius 2 is 2.17 bits per heavy atom. The standard InChI is InChI=1S/C8H12O3.Ca.2H/c1-3-4-5-6-8(10)11-7(2)9;;;/h3-7,9H,1-2H3;;;/q;+2;2*-1/b4-3+,6-5+;;;. The quantitative estimate of drug-likeness (QED) is 0.240. The van der Waals surface area contributed by atoms with Crippen molar-refractivity contribution in [2.45, 2.75) is 20.1 Å². The first-order chi connectivity index (χ1) is 5.16. The molecule has 0 saturated carbocycles. The van der Waals surface area contributed by atoms with Crippen LogP contribution in [0, 0.1) is 0 Å². The fraction of sp³-hybridized carbons (Fsp3) is 0.375. The molecular formula is C8H14CaO3. The van der Waals surface area contributed by atoms with Crippen LogP contribution in [0.1, 0.15) is 16.7 Å². The summed E-state index contributed by atoms with van der Waals surface area (Å²) in [5.41, 5.74) is 0. The smallest absolute Gasteiger partial charge is 1.00 e. The van der Waals surface area contributed by atoms with Crippen molar-refractivity contribution in [3.05, 3.63) is 24.3 Å². The molecule has 1 N–H and O–H groups in total. The summed E-state index contributed by atoms with van der Waals surface area (Å²) in [5.74, 6) is -0.543. The number of aliphatic hydroxyl groups is 1. The number of esters is 1. The molecule has 0 saturated heterocycles. The van der Waals surface area contributed by atoms with Crippen LogP contribution in [0.15, 0.2) is 24.3 Å². The molecule has 1 unspecified atom stereocenters. The summed E-state index contributed by atoms with van der Waals surface area (Å²) in [7, 11) is 0. The largest absolute Gasteiger partial charge is 2.00 e. The maximum atomic E-state index is 10.6. The van der Waals surface area contributed by atoms with Gasteiger partial charge in [0.25, 0.3) is 0 Å². The van der Waals surface area contributed by atoms with Crippen molar-refractivity contribution in [2.24, 2.45) is 0 Å². The van der Waals surface area contributed by atoms with Crippen molar-refractivity contribution < 1.29 is 17.5 Å². The van der Waals surface area contributed by atoms with E-state index >= 15 is 0 Å². The van der Waals surface area contributed by atoms with Gasteiger partial charge in [0.1, 0.15) is 0 Å². The second-order valence-corrected chi connectivity index (χ2v) is 1.92. The second-order valence-electron chi connectivity index (χ2n) is 1.92. The molecule has 0 fully saturated rings. The van der Waals surface area contributed by atoms with Crippen LogP contribution in [0.4, 0.5) is 0 Å². The number of hydrogen-bond donors (Lipinski definition) is 1. The van der Waals surface area contributed by atoms with E-state index in [0.29, 0.717) is 0 Å². The summed E-state index contributed by atoms with van der Waals surface area (Å²) in [6.45, 7) is 3.21. The van der Waals surface area contributed by atoms with Crippen molar-refractivity contribution in [3.63, 3.8) is 0 Å². The Labute approximate surface area is 105 Å². The molecule has 12 heavy (non-hydrogen) atoms. The molecule has 0 aromatic rings. The molecular weight excluding hydrogens is 184 g/mol. The van der Waals surface area contributed by atoms with E-state index in [-0.39, 0.29) is 40.6 Å². The SMILES string of the molecule is C/C=C/C=C/C(=O)OC(C)O.[Ca+2].[H-].[H-]. The van der Waals surface area contributed by atoms with Gasteiger partial charge in [-0.15, -0.1) is 0 Å². The molecule has 0 bridgehead atoms. The number of hydrogen-bond acceptors (Lipinski definition) is 3. The van der Waals surface area contributed by atoms with Gasteiger partial charge in [-0.1, -0.05) is 18.2 Å². The molecule has 0 radical (unpaired) electrons. The molecule has 0 aromatic carbocycles. The summed E-state index contributed by atoms with van der Waals surface area (Å²) >= 11 is 0. The summed E-state index contributed by atoms with van der Waals surface area (Å²) in [6.07, 6.45) is 5.23. The van der Waals surface area contributed by atoms with Gasteiger partial charge < -0.3 is 12.7 Å². The van der Waals surface area contributed by atoms with Gasteiger partial charge in [-0.05, 0) is 13.8 Å². The molecule has 0 aromatic heterocycles. The maximum absolute atomic E-state index is 10.6. The molecule has 4 heteroatoms. The van der Waals surface area contributed by atoms with Gasteiger partial charge in [-0.25, -0.2) is 4.79 Å². The molecule has 0 aliphatic rings. The summed E-state index contributed by atoms with van der Waals surface area (Å²) in [5, 5.41) is 8.58. The Kier molecular flexibility index (Phi) is 11.3. The monoisotopic (exact) mass is 198 g/mol. The van der Waals surface area contributed by atoms with Crippen LogP contribution in [0.2, 0.25) is 0 Å². The van der Waals surface area contributed by atoms with Gasteiger partial charge in [-0.3, -0.25) is 0 Å². The van der Waals surface area contributed by atoms with Gasteiger partial charge in [0.2, 0.25) is 0 Å². The second kappa shape index (κ2) is 9.26. The van der Waals surface area contributed by atoms with Gasteiger partial charge in [-0.2, -0.15) is 0 Å². The van der Waals surface area contributed by atoms with E-state index in [4.69, 9.17) is 5.11 Å². The van der Waals surface area contributed by atoms with Crippen LogP contribution in [0.5, 0.6) is 0 Å². The number of carbonyl (C=O) groups is 1. The molecule has 0 aliphatic heterocycles. The first-order valence-corrected chi connectivity index (χ1v) is 3.35. The zero-order valence-corrected chi connectivity index (χ0v) is 9.57. The van der Waals surface area contributed by atoms with Crippen LogP contribution in [-0.4, -0.2) is 55.1 Å². The zero-order chi connectivity index (χ0) is 8.69. The first-order valence-electron chi connectivity index (χ1n) is 3.35. The number of rotatable bonds is 3. The number of carbonyl (C=O) groups excluding carboxylic acids is 1. The van der Waals surface area contributed by atoms with Crippen LogP contribution >= 0.6 is 0 Å². The van der Waals surface area contributed by atoms with E-state index in [1.54, 1.807) is 18.2 Å². The van der Waals surface area contributed by atoms with Gasteiger partial charge in [0.05, 0.1) is 0 Å². The van der Waals surface area contributed by atoms with Crippen LogP contribution in [0.25, 0.3) is 0 Å². The maximum Gasteiger partial charge on any atom is 2.00 e. The first kappa shape index (κ1) is 14.7. The van der Waals surface area contributed by atoms with Crippen LogP contribution < -0.4 is 0 Å². The van der Waals surface area contributed by atoms with E-state index < -0.39 is 12.3 Å². The molecule has 0 rings (SSSR count). The van der Waals surface area contributed by atoms with Crippen molar-refractivity contribution in [1.82, 2.24) is 0 Å². The Bertz CT molecular complexity index is 181. The average molecular weight is 198 g/mol. The minimum Gasteiger partial charge on any atom is -1.00 e. The fourth-order valence-electron chi connectivity index (χ4n) is 0.453. The third-order valence-electron chi connectivity index (χ3n) is 0.823. The Balaban J connectivity index is -0.000000167. The third-order valence-corrected chi connectivity index (χ3v) is 0.823. The molecule has 1 atom stereocenters. The van der Waals surface area contributed by atoms with Crippen molar-refractivity contribution in [3.8, 4) is 0 Å². The van der Waals surface area contributed by atoms with Crippen LogP contribution in [-0.2, 0) is 9.53 Å². The zero-order valence-electron chi connectivity index (χ0n) is 9.36. The minimum atomic E-state index is -1.04. The molecule has 0 heterocycles. The predicted molar refractivity (Wildman–Crippen MR) is 49.7 cm³/mol. The molecule has 0 aliphatic carbocycles. The van der Waals surface area contributed by atoms with E-state index in [0.717, 1.165) is 0 Å². The van der Waals surface area contributed by atoms with Gasteiger partial charge in [0, 0.05) is 6.08 Å². The van der Waals surface area contributed by atoms with E-state index in [1.165, 1.54) is 13.0 Å². The summed E-state index contributed by atoms with van der Waals surface area (Å²) in [4.78, 5) is 10.6. The molecule has 0 amide bonds. The van der Waals surface area contributed by atoms with Crippen LogP contribution in [0.3, 0.4) is 0 Å². The van der Waals surface area contributed by atoms with Crippen molar-refractivity contribution >= 4 is 43.7 Å². The predicted octanol–water partition coefficient (Wildman–Crippen LogP) is 0.844. The van der Waals surface area contributed by atoms with E-state index in [1.807, 2.05) is 6.92 Å². The Morgan fingerprint density at radius 1 is 1.58 bits per heavy atom. The average Bonchev–Trinajstić information content (AvgIpc) is 1.86. The van der Waals surface area contributed by atoms with Gasteiger partial charge in [0.15, 0.2) is 6.29 Å². The van der Waals surface area contributed by atoms with Gasteiger partial charge >= 0.3 is 43.7 Å². The summed E-state index contributed by atoms with van der Waals surface area (Å²) < 4.78 is 4.39. The third kappa shape index (κ3) is 10.2. The number of ether oxygens (including phenoxy) is 1. The fourth-order valence-corrected chi connectivity index (χ4v) is 0.453. The Morgan fingerprint density at radius 3 is 2.58 bits per heavy atom. The van der Waals surface area contributed by atoms with Crippen molar-refractivity contribution in [2.75, 3.05) is 0 Å². The minimum absolute atomic E-state index is 0.